The topological polar surface area (TPSA) is 46.2 Å². The van der Waals surface area contributed by atoms with Gasteiger partial charge in [-0.2, -0.15) is 0 Å². The molecule has 1 unspecified atom stereocenters. The average molecular weight is 237 g/mol. The van der Waals surface area contributed by atoms with Crippen LogP contribution < -0.4 is 5.32 Å². The Morgan fingerprint density at radius 3 is 2.38 bits per heavy atom. The van der Waals surface area contributed by atoms with Gasteiger partial charge in [-0.15, -0.1) is 6.42 Å². The number of benzene rings is 1. The van der Waals surface area contributed by atoms with Gasteiger partial charge in [0.1, 0.15) is 0 Å². The van der Waals surface area contributed by atoms with Gasteiger partial charge in [0.15, 0.2) is 9.84 Å². The van der Waals surface area contributed by atoms with Crippen molar-refractivity contribution >= 4 is 15.5 Å². The first kappa shape index (κ1) is 12.6. The van der Waals surface area contributed by atoms with Crippen LogP contribution >= 0.6 is 0 Å². The smallest absolute Gasteiger partial charge is 0.178 e. The molecule has 0 aliphatic heterocycles. The molecule has 86 valence electrons. The molecule has 3 nitrogen and oxygen atoms in total. The number of terminal acetylenes is 1. The molecule has 0 aliphatic carbocycles. The monoisotopic (exact) mass is 237 g/mol. The highest BCUT2D eigenvalue weighted by molar-refractivity contribution is 7.91. The summed E-state index contributed by atoms with van der Waals surface area (Å²) in [6.45, 7) is 3.48. The zero-order valence-corrected chi connectivity index (χ0v) is 10.2. The highest BCUT2D eigenvalue weighted by Gasteiger charge is 2.10. The minimum atomic E-state index is -3.12. The maximum atomic E-state index is 11.5. The van der Waals surface area contributed by atoms with Gasteiger partial charge in [0.25, 0.3) is 0 Å². The highest BCUT2D eigenvalue weighted by Crippen LogP contribution is 2.15. The van der Waals surface area contributed by atoms with Crippen LogP contribution in [0.25, 0.3) is 0 Å². The van der Waals surface area contributed by atoms with Crippen LogP contribution in [-0.4, -0.2) is 20.2 Å². The van der Waals surface area contributed by atoms with E-state index in [-0.39, 0.29) is 11.8 Å². The fraction of sp³-hybridized carbons (Fsp3) is 0.333. The lowest BCUT2D eigenvalue weighted by molar-refractivity contribution is 0.597. The van der Waals surface area contributed by atoms with E-state index in [9.17, 15) is 8.42 Å². The highest BCUT2D eigenvalue weighted by atomic mass is 32.2. The van der Waals surface area contributed by atoms with Gasteiger partial charge >= 0.3 is 0 Å². The van der Waals surface area contributed by atoms with Crippen molar-refractivity contribution in [1.29, 1.82) is 0 Å². The molecule has 0 spiro atoms. The number of rotatable bonds is 4. The van der Waals surface area contributed by atoms with Crippen molar-refractivity contribution in [3.05, 3.63) is 24.3 Å². The molecule has 0 radical (unpaired) electrons. The van der Waals surface area contributed by atoms with Crippen LogP contribution in [0.1, 0.15) is 13.8 Å². The molecule has 1 rings (SSSR count). The number of hydrogen-bond acceptors (Lipinski definition) is 3. The summed E-state index contributed by atoms with van der Waals surface area (Å²) in [6, 6.07) is 6.54. The molecule has 0 saturated heterocycles. The Bertz CT molecular complexity index is 483. The van der Waals surface area contributed by atoms with Gasteiger partial charge in [0.2, 0.25) is 0 Å². The largest absolute Gasteiger partial charge is 0.372 e. The second kappa shape index (κ2) is 5.04. The Labute approximate surface area is 96.8 Å². The van der Waals surface area contributed by atoms with Crippen molar-refractivity contribution in [1.82, 2.24) is 0 Å². The van der Waals surface area contributed by atoms with E-state index in [2.05, 4.69) is 11.2 Å². The van der Waals surface area contributed by atoms with Gasteiger partial charge in [-0.05, 0) is 31.2 Å². The van der Waals surface area contributed by atoms with Crippen molar-refractivity contribution < 1.29 is 8.42 Å². The lowest BCUT2D eigenvalue weighted by Crippen LogP contribution is -2.12. The molecule has 0 saturated carbocycles. The number of anilines is 1. The summed E-state index contributed by atoms with van der Waals surface area (Å²) in [5.41, 5.74) is 0.820. The molecule has 1 N–H and O–H groups in total. The summed E-state index contributed by atoms with van der Waals surface area (Å²) in [7, 11) is -3.12. The molecule has 0 heterocycles. The Morgan fingerprint density at radius 1 is 1.38 bits per heavy atom. The van der Waals surface area contributed by atoms with Gasteiger partial charge in [-0.25, -0.2) is 8.42 Å². The van der Waals surface area contributed by atoms with Crippen LogP contribution in [0.2, 0.25) is 0 Å². The number of nitrogens with one attached hydrogen (secondary N) is 1. The molecule has 1 aromatic carbocycles. The second-order valence-corrected chi connectivity index (χ2v) is 5.74. The summed E-state index contributed by atoms with van der Waals surface area (Å²) in [4.78, 5) is 0.342. The third-order valence-electron chi connectivity index (χ3n) is 2.23. The average Bonchev–Trinajstić information content (AvgIpc) is 2.29. The summed E-state index contributed by atoms with van der Waals surface area (Å²) < 4.78 is 23.1. The van der Waals surface area contributed by atoms with Gasteiger partial charge in [0.05, 0.1) is 16.7 Å². The maximum Gasteiger partial charge on any atom is 0.178 e. The molecule has 0 aromatic heterocycles. The number of sulfone groups is 1. The minimum absolute atomic E-state index is 0.0753. The van der Waals surface area contributed by atoms with Crippen molar-refractivity contribution in [3.8, 4) is 12.3 Å². The molecule has 0 aliphatic rings. The summed E-state index contributed by atoms with van der Waals surface area (Å²) in [6.07, 6.45) is 5.23. The Morgan fingerprint density at radius 2 is 1.94 bits per heavy atom. The lowest BCUT2D eigenvalue weighted by Gasteiger charge is -2.09. The molecule has 0 bridgehead atoms. The van der Waals surface area contributed by atoms with Crippen molar-refractivity contribution in [2.24, 2.45) is 0 Å². The zero-order valence-electron chi connectivity index (χ0n) is 9.40. The number of hydrogen-bond donors (Lipinski definition) is 1. The lowest BCUT2D eigenvalue weighted by atomic mass is 10.3. The van der Waals surface area contributed by atoms with E-state index >= 15 is 0 Å². The van der Waals surface area contributed by atoms with E-state index in [1.807, 2.05) is 6.92 Å². The Kier molecular flexibility index (Phi) is 3.97. The molecule has 1 aromatic rings. The van der Waals surface area contributed by atoms with Gasteiger partial charge in [-0.3, -0.25) is 0 Å². The van der Waals surface area contributed by atoms with E-state index in [1.54, 1.807) is 31.2 Å². The minimum Gasteiger partial charge on any atom is -0.372 e. The SMILES string of the molecule is C#CC(C)Nc1ccc(S(=O)(=O)CC)cc1. The van der Waals surface area contributed by atoms with E-state index in [4.69, 9.17) is 6.42 Å². The fourth-order valence-electron chi connectivity index (χ4n) is 1.22. The van der Waals surface area contributed by atoms with Crippen molar-refractivity contribution in [3.63, 3.8) is 0 Å². The van der Waals surface area contributed by atoms with E-state index in [1.165, 1.54) is 0 Å². The second-order valence-electron chi connectivity index (χ2n) is 3.46. The van der Waals surface area contributed by atoms with Crippen molar-refractivity contribution in [2.75, 3.05) is 11.1 Å². The molecule has 0 fully saturated rings. The molecular formula is C12H15NO2S. The zero-order chi connectivity index (χ0) is 12.2. The van der Waals surface area contributed by atoms with Gasteiger partial charge in [0, 0.05) is 5.69 Å². The normalized spacial score (nSPS) is 12.8. The first-order chi connectivity index (χ1) is 7.49. The first-order valence-corrected chi connectivity index (χ1v) is 6.70. The molecule has 4 heteroatoms. The standard InChI is InChI=1S/C12H15NO2S/c1-4-10(3)13-11-6-8-12(9-7-11)16(14,15)5-2/h1,6-10,13H,5H2,2-3H3. The molecule has 0 amide bonds. The van der Waals surface area contributed by atoms with Crippen LogP contribution in [-0.2, 0) is 9.84 Å². The summed E-state index contributed by atoms with van der Waals surface area (Å²) in [5.74, 6) is 2.65. The van der Waals surface area contributed by atoms with Crippen molar-refractivity contribution in [2.45, 2.75) is 24.8 Å². The van der Waals surface area contributed by atoms with Gasteiger partial charge in [-0.1, -0.05) is 12.8 Å². The van der Waals surface area contributed by atoms with Crippen LogP contribution in [0, 0.1) is 12.3 Å². The maximum absolute atomic E-state index is 11.5. The fourth-order valence-corrected chi connectivity index (χ4v) is 2.10. The van der Waals surface area contributed by atoms with E-state index < -0.39 is 9.84 Å². The summed E-state index contributed by atoms with van der Waals surface area (Å²) in [5, 5.41) is 3.06. The van der Waals surface area contributed by atoms with E-state index in [0.29, 0.717) is 4.90 Å². The Balaban J connectivity index is 2.89. The third kappa shape index (κ3) is 3.01. The van der Waals surface area contributed by atoms with Crippen LogP contribution in [0.5, 0.6) is 0 Å². The van der Waals surface area contributed by atoms with E-state index in [0.717, 1.165) is 5.69 Å². The molecule has 1 atom stereocenters. The molecular weight excluding hydrogens is 222 g/mol. The predicted molar refractivity (Wildman–Crippen MR) is 66.1 cm³/mol. The van der Waals surface area contributed by atoms with Crippen LogP contribution in [0.3, 0.4) is 0 Å². The van der Waals surface area contributed by atoms with Crippen LogP contribution in [0.15, 0.2) is 29.2 Å². The van der Waals surface area contributed by atoms with Crippen LogP contribution in [0.4, 0.5) is 5.69 Å². The quantitative estimate of drug-likeness (QED) is 0.814. The predicted octanol–water partition coefficient (Wildman–Crippen LogP) is 1.91. The summed E-state index contributed by atoms with van der Waals surface area (Å²) >= 11 is 0. The molecule has 16 heavy (non-hydrogen) atoms. The first-order valence-electron chi connectivity index (χ1n) is 5.05. The third-order valence-corrected chi connectivity index (χ3v) is 3.98. The Hall–Kier alpha value is -1.47. The van der Waals surface area contributed by atoms with Gasteiger partial charge < -0.3 is 5.32 Å².